The van der Waals surface area contributed by atoms with Crippen molar-refractivity contribution in [2.75, 3.05) is 0 Å². The van der Waals surface area contributed by atoms with Crippen molar-refractivity contribution in [1.29, 1.82) is 0 Å². The normalized spacial score (nSPS) is 12.3. The van der Waals surface area contributed by atoms with Crippen LogP contribution in [0, 0.1) is 0 Å². The van der Waals surface area contributed by atoms with Gasteiger partial charge in [-0.2, -0.15) is 0 Å². The van der Waals surface area contributed by atoms with Gasteiger partial charge < -0.3 is 49.8 Å². The van der Waals surface area contributed by atoms with Crippen molar-refractivity contribution in [2.24, 2.45) is 0 Å². The molecule has 0 atom stereocenters. The molecule has 0 amide bonds. The molecule has 0 aliphatic rings. The van der Waals surface area contributed by atoms with Crippen molar-refractivity contribution < 1.29 is 13.3 Å². The maximum absolute atomic E-state index is 6.56. The fourth-order valence-corrected chi connectivity index (χ4v) is 21.7. The van der Waals surface area contributed by atoms with E-state index < -0.39 is 0 Å². The van der Waals surface area contributed by atoms with Crippen molar-refractivity contribution in [2.45, 2.75) is 0 Å². The van der Waals surface area contributed by atoms with Crippen LogP contribution in [0.5, 0.6) is 0 Å². The summed E-state index contributed by atoms with van der Waals surface area (Å²) in [6.45, 7) is 0. The van der Waals surface area contributed by atoms with Gasteiger partial charge in [0.25, 0.3) is 0 Å². The smallest absolute Gasteiger partial charge is 0.137 e. The van der Waals surface area contributed by atoms with Crippen molar-refractivity contribution in [3.05, 3.63) is 413 Å². The summed E-state index contributed by atoms with van der Waals surface area (Å²) in [5.41, 5.74) is 33.5. The van der Waals surface area contributed by atoms with Crippen molar-refractivity contribution in [3.63, 3.8) is 0 Å². The van der Waals surface area contributed by atoms with Crippen LogP contribution in [0.15, 0.2) is 426 Å². The lowest BCUT2D eigenvalue weighted by Crippen LogP contribution is -1.98. The van der Waals surface area contributed by atoms with Crippen LogP contribution in [0.4, 0.5) is 0 Å². The van der Waals surface area contributed by atoms with E-state index in [-0.39, 0.29) is 0 Å². The van der Waals surface area contributed by atoms with Gasteiger partial charge in [0.05, 0.1) is 104 Å². The summed E-state index contributed by atoms with van der Waals surface area (Å²) in [5.74, 6) is 0. The highest BCUT2D eigenvalue weighted by molar-refractivity contribution is 6.37. The molecule has 0 aliphatic heterocycles. The molecule has 19 aromatic carbocycles. The maximum atomic E-state index is 6.56. The number of hydrogen-bond acceptors (Lipinski definition) is 3. The Labute approximate surface area is 711 Å². The second-order valence-electron chi connectivity index (χ2n) is 32.9. The van der Waals surface area contributed by atoms with Crippen LogP contribution >= 0.6 is 0 Å². The second-order valence-corrected chi connectivity index (χ2v) is 32.9. The van der Waals surface area contributed by atoms with Gasteiger partial charge in [0.2, 0.25) is 0 Å². The van der Waals surface area contributed by atoms with Crippen molar-refractivity contribution >= 4 is 208 Å². The number of aromatic nitrogens is 8. The van der Waals surface area contributed by atoms with E-state index in [0.717, 1.165) is 106 Å². The van der Waals surface area contributed by atoms with E-state index in [1.165, 1.54) is 147 Å². The maximum Gasteiger partial charge on any atom is 0.137 e. The molecule has 11 heteroatoms. The van der Waals surface area contributed by atoms with Gasteiger partial charge in [-0.1, -0.05) is 182 Å². The summed E-state index contributed by atoms with van der Waals surface area (Å²) in [4.78, 5) is 0. The highest BCUT2D eigenvalue weighted by Gasteiger charge is 2.30. The lowest BCUT2D eigenvalue weighted by atomic mass is 10.1. The lowest BCUT2D eigenvalue weighted by Gasteiger charge is -2.14. The predicted molar refractivity (Wildman–Crippen MR) is 517 cm³/mol. The number of para-hydroxylation sites is 8. The van der Waals surface area contributed by atoms with E-state index in [0.29, 0.717) is 0 Å². The van der Waals surface area contributed by atoms with E-state index in [4.69, 9.17) is 13.3 Å². The Balaban J connectivity index is 0.0000000971. The molecule has 0 aliphatic carbocycles. The first-order valence-electron chi connectivity index (χ1n) is 42.6. The van der Waals surface area contributed by atoms with Gasteiger partial charge in [-0.05, 0) is 231 Å². The van der Waals surface area contributed by atoms with E-state index in [9.17, 15) is 0 Å². The Kier molecular flexibility index (Phi) is 14.0. The quantitative estimate of drug-likeness (QED) is 0.152. The van der Waals surface area contributed by atoms with E-state index in [2.05, 4.69) is 449 Å². The van der Waals surface area contributed by atoms with Crippen LogP contribution in [0.2, 0.25) is 0 Å². The molecule has 0 radical (unpaired) electrons. The number of benzene rings is 19. The third-order valence-corrected chi connectivity index (χ3v) is 26.5. The molecule has 0 N–H and O–H groups in total. The molecule has 30 aromatic rings. The molecule has 0 fully saturated rings. The fraction of sp³-hybridized carbons (Fsp3) is 0. The number of fused-ring (bicyclic) bond motifs is 6. The zero-order valence-corrected chi connectivity index (χ0v) is 67.1. The topological polar surface area (TPSA) is 78.9 Å². The minimum absolute atomic E-state index is 0.903. The molecule has 30 rings (SSSR count). The van der Waals surface area contributed by atoms with Gasteiger partial charge >= 0.3 is 0 Å². The zero-order chi connectivity index (χ0) is 81.4. The molecule has 0 saturated carbocycles. The number of nitrogens with zero attached hydrogens (tertiary/aromatic N) is 8. The number of rotatable bonds is 8. The molecular formula is C114H68N8O3. The highest BCUT2D eigenvalue weighted by atomic mass is 16.3. The summed E-state index contributed by atoms with van der Waals surface area (Å²) in [6, 6.07) is 148. The Hall–Kier alpha value is -17.0. The zero-order valence-electron chi connectivity index (χ0n) is 67.1. The van der Waals surface area contributed by atoms with Crippen LogP contribution < -0.4 is 0 Å². The first-order valence-corrected chi connectivity index (χ1v) is 42.6. The molecule has 0 unspecified atom stereocenters. The molecule has 0 bridgehead atoms. The predicted octanol–water partition coefficient (Wildman–Crippen LogP) is 30.4. The van der Waals surface area contributed by atoms with Gasteiger partial charge in [0.15, 0.2) is 0 Å². The van der Waals surface area contributed by atoms with Crippen LogP contribution in [0.1, 0.15) is 0 Å². The average molecular weight is 1600 g/mol. The first kappa shape index (κ1) is 67.8. The number of hydrogen-bond donors (Lipinski definition) is 0. The van der Waals surface area contributed by atoms with E-state index in [1.54, 1.807) is 0 Å². The average Bonchev–Trinajstić information content (AvgIpc) is 1.55. The SMILES string of the molecule is c1ccc(-n2c3cccc4oc5ccc6c(c5c43)c3c2cccc3n6-c2ccccc2)cc1.c1ccc(-n2c3ccccc3c3cc(-n4c5ccc6oc7cccc8c7c6c5c5c(cccc54)n8-c4ccccc4)ccc32)cc1.c1ccc(-n2c3ccccc3c3cc(-n4c5cccc6oc7ccc8c(c7c65)c5c4cccc5n8-c4ccccc4)ccc32)cc1. The van der Waals surface area contributed by atoms with Crippen LogP contribution in [0.3, 0.4) is 0 Å². The minimum atomic E-state index is 0.903. The Morgan fingerprint density at radius 2 is 0.304 bits per heavy atom. The largest absolute Gasteiger partial charge is 0.456 e. The van der Waals surface area contributed by atoms with Crippen LogP contribution in [0.25, 0.3) is 253 Å². The lowest BCUT2D eigenvalue weighted by molar-refractivity contribution is 0.669. The summed E-state index contributed by atoms with van der Waals surface area (Å²) in [5, 5.41) is 19.4. The molecular weight excluding hydrogens is 1530 g/mol. The van der Waals surface area contributed by atoms with E-state index in [1.807, 2.05) is 0 Å². The van der Waals surface area contributed by atoms with Gasteiger partial charge in [-0.25, -0.2) is 0 Å². The summed E-state index contributed by atoms with van der Waals surface area (Å²) >= 11 is 0. The Morgan fingerprint density at radius 3 is 0.584 bits per heavy atom. The third kappa shape index (κ3) is 9.41. The summed E-state index contributed by atoms with van der Waals surface area (Å²) < 4.78 is 38.7. The number of furan rings is 3. The second kappa shape index (κ2) is 25.8. The van der Waals surface area contributed by atoms with Gasteiger partial charge in [-0.15, -0.1) is 0 Å². The van der Waals surface area contributed by atoms with E-state index >= 15 is 0 Å². The molecule has 582 valence electrons. The van der Waals surface area contributed by atoms with Crippen LogP contribution in [-0.2, 0) is 0 Å². The van der Waals surface area contributed by atoms with Gasteiger partial charge in [0.1, 0.15) is 33.5 Å². The molecule has 0 spiro atoms. The first-order chi connectivity index (χ1) is 62.1. The minimum Gasteiger partial charge on any atom is -0.456 e. The molecule has 11 aromatic heterocycles. The monoisotopic (exact) mass is 1600 g/mol. The summed E-state index contributed by atoms with van der Waals surface area (Å²) in [6.07, 6.45) is 0. The molecule has 11 heterocycles. The van der Waals surface area contributed by atoms with Crippen molar-refractivity contribution in [1.82, 2.24) is 36.5 Å². The standard InChI is InChI=1S/2C42H25N3O.C30H18N2O/c1-3-11-26(12-4-1)43-31-16-8-7-15-29(31)30-25-28(21-22-32(30)43)45-34-18-9-17-33-39(34)41-36(44(33)27-13-5-2-6-14-27)23-24-38-42(41)40-35(45)19-10-20-37(40)46-38;1-3-11-26(12-4-1)43-31-16-8-7-15-29(31)30-25-28(21-22-32(30)43)45-34-18-9-17-33-39(34)41-36(45)23-24-38-42(41)40-35(19-10-20-37(40)46-38)44(33)27-13-5-2-6-14-27;1-3-9-19(10-4-1)31-21-13-7-14-22-27(21)29-24(32(22)20-11-5-2-6-12-20)17-18-26-30(29)28-23(31)15-8-16-25(28)33-26/h2*1-25H;1-18H. The van der Waals surface area contributed by atoms with Gasteiger partial charge in [0, 0.05) is 116 Å². The highest BCUT2D eigenvalue weighted by Crippen LogP contribution is 2.52. The Bertz CT molecular complexity index is 9600. The molecule has 11 nitrogen and oxygen atoms in total. The molecule has 0 saturated heterocycles. The van der Waals surface area contributed by atoms with Crippen LogP contribution in [-0.4, -0.2) is 36.5 Å². The summed E-state index contributed by atoms with van der Waals surface area (Å²) in [7, 11) is 0. The van der Waals surface area contributed by atoms with Crippen molar-refractivity contribution in [3.8, 4) is 45.5 Å². The third-order valence-electron chi connectivity index (χ3n) is 26.5. The van der Waals surface area contributed by atoms with Gasteiger partial charge in [-0.3, -0.25) is 0 Å². The Morgan fingerprint density at radius 1 is 0.112 bits per heavy atom. The molecule has 125 heavy (non-hydrogen) atoms. The fourth-order valence-electron chi connectivity index (χ4n) is 21.7.